The Morgan fingerprint density at radius 3 is 2.47 bits per heavy atom. The first kappa shape index (κ1) is 16.2. The molecule has 0 rings (SSSR count). The molecule has 102 valence electrons. The number of nitrogens with zero attached hydrogens (tertiary/aromatic N) is 2. The maximum atomic E-state index is 8.66. The van der Waals surface area contributed by atoms with E-state index in [9.17, 15) is 0 Å². The molecule has 17 heavy (non-hydrogen) atoms. The molecular formula is C12H27N3O2. The van der Waals surface area contributed by atoms with Gasteiger partial charge in [0, 0.05) is 25.7 Å². The van der Waals surface area contributed by atoms with Crippen LogP contribution in [0.1, 0.15) is 33.1 Å². The molecule has 0 saturated heterocycles. The third kappa shape index (κ3) is 7.18. The van der Waals surface area contributed by atoms with Crippen molar-refractivity contribution in [2.24, 2.45) is 16.3 Å². The Kier molecular flexibility index (Phi) is 7.91. The van der Waals surface area contributed by atoms with E-state index in [1.54, 1.807) is 7.11 Å². The van der Waals surface area contributed by atoms with Gasteiger partial charge >= 0.3 is 0 Å². The summed E-state index contributed by atoms with van der Waals surface area (Å²) in [7, 11) is 3.83. The molecule has 0 aliphatic carbocycles. The molecule has 0 saturated carbocycles. The first-order valence-electron chi connectivity index (χ1n) is 6.09. The van der Waals surface area contributed by atoms with E-state index in [2.05, 4.69) is 17.1 Å². The molecule has 0 aromatic rings. The summed E-state index contributed by atoms with van der Waals surface area (Å²) in [6.07, 6.45) is 3.00. The van der Waals surface area contributed by atoms with E-state index < -0.39 is 0 Å². The van der Waals surface area contributed by atoms with Crippen molar-refractivity contribution in [1.29, 1.82) is 0 Å². The van der Waals surface area contributed by atoms with Gasteiger partial charge in [-0.25, -0.2) is 0 Å². The monoisotopic (exact) mass is 245 g/mol. The van der Waals surface area contributed by atoms with Crippen LogP contribution in [0.25, 0.3) is 0 Å². The molecule has 0 amide bonds. The third-order valence-corrected chi connectivity index (χ3v) is 3.03. The van der Waals surface area contributed by atoms with E-state index in [0.29, 0.717) is 5.84 Å². The predicted octanol–water partition coefficient (Wildman–Crippen LogP) is 1.51. The number of hydrogen-bond donors (Lipinski definition) is 2. The molecule has 0 spiro atoms. The minimum atomic E-state index is -0.234. The molecule has 0 radical (unpaired) electrons. The van der Waals surface area contributed by atoms with Gasteiger partial charge in [-0.3, -0.25) is 0 Å². The summed E-state index contributed by atoms with van der Waals surface area (Å²) in [5.74, 6) is 0.305. The SMILES string of the molecule is COCCCN(C)CCCC(C)(C)C(N)=NO. The summed E-state index contributed by atoms with van der Waals surface area (Å²) in [5.41, 5.74) is 5.40. The maximum absolute atomic E-state index is 8.66. The van der Waals surface area contributed by atoms with Gasteiger partial charge in [-0.05, 0) is 32.9 Å². The van der Waals surface area contributed by atoms with E-state index >= 15 is 0 Å². The Balaban J connectivity index is 3.75. The van der Waals surface area contributed by atoms with Crippen molar-refractivity contribution in [1.82, 2.24) is 4.90 Å². The lowest BCUT2D eigenvalue weighted by atomic mass is 9.86. The van der Waals surface area contributed by atoms with Crippen molar-refractivity contribution in [2.75, 3.05) is 33.9 Å². The number of oxime groups is 1. The van der Waals surface area contributed by atoms with Crippen LogP contribution in [0.4, 0.5) is 0 Å². The normalized spacial score (nSPS) is 13.4. The average Bonchev–Trinajstić information content (AvgIpc) is 2.28. The Morgan fingerprint density at radius 1 is 1.35 bits per heavy atom. The molecule has 0 bridgehead atoms. The highest BCUT2D eigenvalue weighted by Gasteiger charge is 2.22. The van der Waals surface area contributed by atoms with E-state index in [0.717, 1.165) is 39.0 Å². The van der Waals surface area contributed by atoms with Crippen molar-refractivity contribution in [2.45, 2.75) is 33.1 Å². The fourth-order valence-corrected chi connectivity index (χ4v) is 1.64. The number of amidine groups is 1. The average molecular weight is 245 g/mol. The largest absolute Gasteiger partial charge is 0.409 e. The second-order valence-corrected chi connectivity index (χ2v) is 5.12. The Hall–Kier alpha value is -0.810. The van der Waals surface area contributed by atoms with Crippen LogP contribution in [-0.2, 0) is 4.74 Å². The summed E-state index contributed by atoms with van der Waals surface area (Å²) >= 11 is 0. The molecule has 0 atom stereocenters. The highest BCUT2D eigenvalue weighted by atomic mass is 16.5. The van der Waals surface area contributed by atoms with Gasteiger partial charge in [-0.1, -0.05) is 19.0 Å². The molecule has 0 unspecified atom stereocenters. The Labute approximate surface area is 105 Å². The lowest BCUT2D eigenvalue weighted by molar-refractivity contribution is 0.178. The van der Waals surface area contributed by atoms with Crippen molar-refractivity contribution < 1.29 is 9.94 Å². The molecule has 0 aliphatic heterocycles. The molecule has 5 nitrogen and oxygen atoms in total. The molecule has 0 fully saturated rings. The second kappa shape index (κ2) is 8.31. The van der Waals surface area contributed by atoms with Crippen LogP contribution in [0, 0.1) is 5.41 Å². The first-order chi connectivity index (χ1) is 7.94. The summed E-state index contributed by atoms with van der Waals surface area (Å²) in [5, 5.41) is 11.7. The van der Waals surface area contributed by atoms with Crippen molar-refractivity contribution in [3.63, 3.8) is 0 Å². The van der Waals surface area contributed by atoms with Crippen LogP contribution in [0.15, 0.2) is 5.16 Å². The minimum absolute atomic E-state index is 0.234. The van der Waals surface area contributed by atoms with Crippen molar-refractivity contribution in [3.8, 4) is 0 Å². The number of ether oxygens (including phenoxy) is 1. The number of hydrogen-bond acceptors (Lipinski definition) is 4. The first-order valence-corrected chi connectivity index (χ1v) is 6.09. The fourth-order valence-electron chi connectivity index (χ4n) is 1.64. The summed E-state index contributed by atoms with van der Waals surface area (Å²) in [6, 6.07) is 0. The number of methoxy groups -OCH3 is 1. The zero-order valence-electron chi connectivity index (χ0n) is 11.6. The van der Waals surface area contributed by atoms with E-state index in [-0.39, 0.29) is 5.41 Å². The smallest absolute Gasteiger partial charge is 0.144 e. The minimum Gasteiger partial charge on any atom is -0.409 e. The van der Waals surface area contributed by atoms with E-state index in [1.165, 1.54) is 0 Å². The highest BCUT2D eigenvalue weighted by Crippen LogP contribution is 2.22. The molecular weight excluding hydrogens is 218 g/mol. The third-order valence-electron chi connectivity index (χ3n) is 3.03. The van der Waals surface area contributed by atoms with Gasteiger partial charge in [-0.2, -0.15) is 0 Å². The lowest BCUT2D eigenvalue weighted by Crippen LogP contribution is -2.33. The van der Waals surface area contributed by atoms with E-state index in [4.69, 9.17) is 15.7 Å². The molecule has 0 heterocycles. The van der Waals surface area contributed by atoms with Crippen molar-refractivity contribution in [3.05, 3.63) is 0 Å². The van der Waals surface area contributed by atoms with Gasteiger partial charge in [0.15, 0.2) is 0 Å². The fraction of sp³-hybridized carbons (Fsp3) is 0.917. The molecule has 0 aromatic carbocycles. The standard InChI is InChI=1S/C12H27N3O2/c1-12(2,11(13)14-16)7-5-8-15(3)9-6-10-17-4/h16H,5-10H2,1-4H3,(H2,13,14). The predicted molar refractivity (Wildman–Crippen MR) is 70.4 cm³/mol. The zero-order chi connectivity index (χ0) is 13.3. The summed E-state index contributed by atoms with van der Waals surface area (Å²) < 4.78 is 5.01. The Morgan fingerprint density at radius 2 is 1.94 bits per heavy atom. The Bertz CT molecular complexity index is 230. The van der Waals surface area contributed by atoms with Gasteiger partial charge < -0.3 is 20.6 Å². The van der Waals surface area contributed by atoms with Crippen LogP contribution in [0.2, 0.25) is 0 Å². The van der Waals surface area contributed by atoms with Crippen LogP contribution in [-0.4, -0.2) is 49.8 Å². The van der Waals surface area contributed by atoms with Crippen LogP contribution >= 0.6 is 0 Å². The number of nitrogens with two attached hydrogens (primary N) is 1. The maximum Gasteiger partial charge on any atom is 0.144 e. The second-order valence-electron chi connectivity index (χ2n) is 5.12. The topological polar surface area (TPSA) is 71.1 Å². The van der Waals surface area contributed by atoms with Gasteiger partial charge in [0.2, 0.25) is 0 Å². The van der Waals surface area contributed by atoms with E-state index in [1.807, 2.05) is 13.8 Å². The molecule has 5 heteroatoms. The molecule has 3 N–H and O–H groups in total. The summed E-state index contributed by atoms with van der Waals surface area (Å²) in [6.45, 7) is 6.85. The van der Waals surface area contributed by atoms with Gasteiger partial charge in [0.25, 0.3) is 0 Å². The zero-order valence-corrected chi connectivity index (χ0v) is 11.6. The number of rotatable bonds is 9. The van der Waals surface area contributed by atoms with Crippen LogP contribution in [0.3, 0.4) is 0 Å². The highest BCUT2D eigenvalue weighted by molar-refractivity contribution is 5.85. The quantitative estimate of drug-likeness (QED) is 0.212. The molecule has 0 aromatic heterocycles. The van der Waals surface area contributed by atoms with Crippen molar-refractivity contribution >= 4 is 5.84 Å². The van der Waals surface area contributed by atoms with Crippen LogP contribution < -0.4 is 5.73 Å². The lowest BCUT2D eigenvalue weighted by Gasteiger charge is -2.24. The molecule has 0 aliphatic rings. The van der Waals surface area contributed by atoms with Gasteiger partial charge in [-0.15, -0.1) is 0 Å². The van der Waals surface area contributed by atoms with Crippen LogP contribution in [0.5, 0.6) is 0 Å². The summed E-state index contributed by atoms with van der Waals surface area (Å²) in [4.78, 5) is 2.28. The van der Waals surface area contributed by atoms with Gasteiger partial charge in [0.1, 0.15) is 5.84 Å². The van der Waals surface area contributed by atoms with Gasteiger partial charge in [0.05, 0.1) is 0 Å².